The van der Waals surface area contributed by atoms with Crippen molar-refractivity contribution in [3.8, 4) is 5.75 Å². The molecule has 1 fully saturated rings. The van der Waals surface area contributed by atoms with Crippen LogP contribution in [-0.4, -0.2) is 62.1 Å². The third-order valence-corrected chi connectivity index (χ3v) is 5.21. The highest BCUT2D eigenvalue weighted by molar-refractivity contribution is 5.77. The van der Waals surface area contributed by atoms with Crippen LogP contribution in [0.3, 0.4) is 0 Å². The lowest BCUT2D eigenvalue weighted by molar-refractivity contribution is -0.123. The highest BCUT2D eigenvalue weighted by Gasteiger charge is 2.25. The lowest BCUT2D eigenvalue weighted by atomic mass is 10.0. The number of aryl methyl sites for hydroxylation is 1. The number of hydrogen-bond acceptors (Lipinski definition) is 4. The van der Waals surface area contributed by atoms with E-state index >= 15 is 0 Å². The first-order valence-corrected chi connectivity index (χ1v) is 10.1. The average Bonchev–Trinajstić information content (AvgIpc) is 2.72. The molecule has 2 aromatic rings. The fourth-order valence-corrected chi connectivity index (χ4v) is 3.56. The number of rotatable bonds is 8. The number of nitrogens with zero attached hydrogens (tertiary/aromatic N) is 2. The van der Waals surface area contributed by atoms with Gasteiger partial charge in [0.1, 0.15) is 5.75 Å². The standard InChI is InChI=1S/C23H31N3O2/c1-19-9-11-21(12-10-19)28-18-23(27)24-13-6-14-26-16-15-25(2)17-22(26)20-7-4-3-5-8-20/h3-5,7-12,22H,6,13-18H2,1-2H3,(H,24,27)/t22-/m0/s1. The Kier molecular flexibility index (Phi) is 7.46. The molecule has 0 bridgehead atoms. The lowest BCUT2D eigenvalue weighted by Gasteiger charge is -2.40. The fourth-order valence-electron chi connectivity index (χ4n) is 3.56. The van der Waals surface area contributed by atoms with Crippen molar-refractivity contribution in [1.29, 1.82) is 0 Å². The van der Waals surface area contributed by atoms with Crippen LogP contribution in [0.2, 0.25) is 0 Å². The van der Waals surface area contributed by atoms with Gasteiger partial charge < -0.3 is 15.0 Å². The molecule has 1 N–H and O–H groups in total. The third kappa shape index (κ3) is 6.08. The fraction of sp³-hybridized carbons (Fsp3) is 0.435. The molecule has 1 aliphatic heterocycles. The summed E-state index contributed by atoms with van der Waals surface area (Å²) in [6, 6.07) is 18.8. The summed E-state index contributed by atoms with van der Waals surface area (Å²) in [6.07, 6.45) is 0.934. The van der Waals surface area contributed by atoms with Crippen molar-refractivity contribution in [2.24, 2.45) is 0 Å². The zero-order valence-corrected chi connectivity index (χ0v) is 16.9. The number of nitrogens with one attached hydrogen (secondary N) is 1. The number of ether oxygens (including phenoxy) is 1. The van der Waals surface area contributed by atoms with Crippen LogP contribution < -0.4 is 10.1 Å². The van der Waals surface area contributed by atoms with Crippen molar-refractivity contribution in [2.75, 3.05) is 46.4 Å². The van der Waals surface area contributed by atoms with Crippen LogP contribution in [0.15, 0.2) is 54.6 Å². The zero-order chi connectivity index (χ0) is 19.8. The molecule has 2 aromatic carbocycles. The van der Waals surface area contributed by atoms with Crippen molar-refractivity contribution < 1.29 is 9.53 Å². The van der Waals surface area contributed by atoms with Gasteiger partial charge in [-0.15, -0.1) is 0 Å². The normalized spacial score (nSPS) is 18.0. The van der Waals surface area contributed by atoms with Crippen LogP contribution in [0, 0.1) is 6.92 Å². The SMILES string of the molecule is Cc1ccc(OCC(=O)NCCCN2CCN(C)C[C@H]2c2ccccc2)cc1. The van der Waals surface area contributed by atoms with Crippen LogP contribution >= 0.6 is 0 Å². The number of carbonyl (C=O) groups excluding carboxylic acids is 1. The Morgan fingerprint density at radius 3 is 2.61 bits per heavy atom. The van der Waals surface area contributed by atoms with Gasteiger partial charge in [-0.1, -0.05) is 48.0 Å². The summed E-state index contributed by atoms with van der Waals surface area (Å²) in [6.45, 7) is 6.92. The maximum Gasteiger partial charge on any atom is 0.257 e. The van der Waals surface area contributed by atoms with E-state index in [4.69, 9.17) is 4.74 Å². The molecule has 1 atom stereocenters. The average molecular weight is 382 g/mol. The van der Waals surface area contributed by atoms with Crippen molar-refractivity contribution >= 4 is 5.91 Å². The minimum atomic E-state index is -0.0708. The van der Waals surface area contributed by atoms with E-state index in [1.54, 1.807) is 0 Å². The molecule has 0 radical (unpaired) electrons. The molecule has 5 heteroatoms. The van der Waals surface area contributed by atoms with Gasteiger partial charge >= 0.3 is 0 Å². The predicted octanol–water partition coefficient (Wildman–Crippen LogP) is 2.87. The van der Waals surface area contributed by atoms with Gasteiger partial charge in [0, 0.05) is 38.8 Å². The van der Waals surface area contributed by atoms with Crippen LogP contribution in [0.1, 0.15) is 23.6 Å². The molecule has 1 saturated heterocycles. The number of carbonyl (C=O) groups is 1. The van der Waals surface area contributed by atoms with E-state index in [1.807, 2.05) is 31.2 Å². The Labute approximate surface area is 168 Å². The summed E-state index contributed by atoms with van der Waals surface area (Å²) in [7, 11) is 2.18. The maximum absolute atomic E-state index is 12.0. The van der Waals surface area contributed by atoms with Crippen LogP contribution in [0.5, 0.6) is 5.75 Å². The molecule has 1 amide bonds. The second-order valence-corrected chi connectivity index (χ2v) is 7.53. The molecule has 0 aromatic heterocycles. The van der Waals surface area contributed by atoms with E-state index < -0.39 is 0 Å². The maximum atomic E-state index is 12.0. The Hall–Kier alpha value is -2.37. The van der Waals surface area contributed by atoms with E-state index in [2.05, 4.69) is 52.5 Å². The van der Waals surface area contributed by atoms with Gasteiger partial charge in [0.05, 0.1) is 0 Å². The molecule has 0 unspecified atom stereocenters. The smallest absolute Gasteiger partial charge is 0.257 e. The minimum Gasteiger partial charge on any atom is -0.484 e. The van der Waals surface area contributed by atoms with Gasteiger partial charge in [-0.25, -0.2) is 0 Å². The minimum absolute atomic E-state index is 0.0597. The Bertz CT molecular complexity index is 733. The van der Waals surface area contributed by atoms with E-state index in [9.17, 15) is 4.79 Å². The van der Waals surface area contributed by atoms with Crippen LogP contribution in [-0.2, 0) is 4.79 Å². The van der Waals surface area contributed by atoms with Crippen LogP contribution in [0.25, 0.3) is 0 Å². The largest absolute Gasteiger partial charge is 0.484 e. The van der Waals surface area contributed by atoms with Crippen molar-refractivity contribution in [3.63, 3.8) is 0 Å². The number of hydrogen-bond donors (Lipinski definition) is 1. The Morgan fingerprint density at radius 1 is 1.11 bits per heavy atom. The van der Waals surface area contributed by atoms with E-state index in [0.29, 0.717) is 12.6 Å². The molecule has 5 nitrogen and oxygen atoms in total. The monoisotopic (exact) mass is 381 g/mol. The second kappa shape index (κ2) is 10.2. The van der Waals surface area contributed by atoms with Gasteiger partial charge in [0.2, 0.25) is 0 Å². The second-order valence-electron chi connectivity index (χ2n) is 7.53. The van der Waals surface area contributed by atoms with Crippen molar-refractivity contribution in [1.82, 2.24) is 15.1 Å². The Balaban J connectivity index is 1.39. The van der Waals surface area contributed by atoms with E-state index in [0.717, 1.165) is 38.3 Å². The van der Waals surface area contributed by atoms with Gasteiger partial charge in [-0.2, -0.15) is 0 Å². The topological polar surface area (TPSA) is 44.8 Å². The van der Waals surface area contributed by atoms with E-state index in [1.165, 1.54) is 11.1 Å². The summed E-state index contributed by atoms with van der Waals surface area (Å²) in [5.41, 5.74) is 2.54. The van der Waals surface area contributed by atoms with Crippen molar-refractivity contribution in [2.45, 2.75) is 19.4 Å². The molecule has 0 spiro atoms. The van der Waals surface area contributed by atoms with Gasteiger partial charge in [-0.3, -0.25) is 9.69 Å². The van der Waals surface area contributed by atoms with E-state index in [-0.39, 0.29) is 12.5 Å². The van der Waals surface area contributed by atoms with Gasteiger partial charge in [0.25, 0.3) is 5.91 Å². The lowest BCUT2D eigenvalue weighted by Crippen LogP contribution is -2.47. The Morgan fingerprint density at radius 2 is 1.86 bits per heavy atom. The summed E-state index contributed by atoms with van der Waals surface area (Å²) >= 11 is 0. The molecule has 150 valence electrons. The number of amides is 1. The number of piperazine rings is 1. The summed E-state index contributed by atoms with van der Waals surface area (Å²) in [4.78, 5) is 16.9. The molecule has 1 heterocycles. The summed E-state index contributed by atoms with van der Waals surface area (Å²) in [5.74, 6) is 0.655. The predicted molar refractivity (Wildman–Crippen MR) is 113 cm³/mol. The molecule has 0 aliphatic carbocycles. The van der Waals surface area contributed by atoms with Gasteiger partial charge in [-0.05, 0) is 38.1 Å². The molecule has 3 rings (SSSR count). The number of benzene rings is 2. The molecular formula is C23H31N3O2. The van der Waals surface area contributed by atoms with Gasteiger partial charge in [0.15, 0.2) is 6.61 Å². The zero-order valence-electron chi connectivity index (χ0n) is 16.9. The quantitative estimate of drug-likeness (QED) is 0.714. The first-order valence-electron chi connectivity index (χ1n) is 10.1. The highest BCUT2D eigenvalue weighted by atomic mass is 16.5. The molecular weight excluding hydrogens is 350 g/mol. The molecule has 28 heavy (non-hydrogen) atoms. The highest BCUT2D eigenvalue weighted by Crippen LogP contribution is 2.24. The molecule has 1 aliphatic rings. The molecule has 0 saturated carbocycles. The number of likely N-dealkylation sites (N-methyl/N-ethyl adjacent to an activating group) is 1. The van der Waals surface area contributed by atoms with Crippen molar-refractivity contribution in [3.05, 3.63) is 65.7 Å². The summed E-state index contributed by atoms with van der Waals surface area (Å²) < 4.78 is 5.53. The first kappa shape index (κ1) is 20.4. The summed E-state index contributed by atoms with van der Waals surface area (Å²) in [5, 5.41) is 2.97. The van der Waals surface area contributed by atoms with Crippen LogP contribution in [0.4, 0.5) is 0 Å². The third-order valence-electron chi connectivity index (χ3n) is 5.21. The first-order chi connectivity index (χ1) is 13.6.